The van der Waals surface area contributed by atoms with Gasteiger partial charge >= 0.3 is 6.09 Å². The zero-order valence-corrected chi connectivity index (χ0v) is 8.08. The summed E-state index contributed by atoms with van der Waals surface area (Å²) in [6, 6.07) is 4.95. The summed E-state index contributed by atoms with van der Waals surface area (Å²) in [5.74, 6) is 0. The van der Waals surface area contributed by atoms with Gasteiger partial charge in [-0.25, -0.2) is 4.79 Å². The van der Waals surface area contributed by atoms with E-state index in [1.165, 1.54) is 0 Å². The van der Waals surface area contributed by atoms with Gasteiger partial charge in [0, 0.05) is 11.6 Å². The average molecular weight is 216 g/mol. The Kier molecular flexibility index (Phi) is 3.73. The van der Waals surface area contributed by atoms with Crippen molar-refractivity contribution in [3.05, 3.63) is 34.3 Å². The zero-order valence-electron chi connectivity index (χ0n) is 7.33. The Bertz CT molecular complexity index is 341. The molecule has 0 spiro atoms. The van der Waals surface area contributed by atoms with E-state index in [9.17, 15) is 4.79 Å². The average Bonchev–Trinajstić information content (AvgIpc) is 2.15. The summed E-state index contributed by atoms with van der Waals surface area (Å²) in [6.45, 7) is 0.0135. The van der Waals surface area contributed by atoms with Crippen LogP contribution in [0.15, 0.2) is 18.2 Å². The third-order valence-electron chi connectivity index (χ3n) is 1.77. The molecule has 3 N–H and O–H groups in total. The highest BCUT2D eigenvalue weighted by Crippen LogP contribution is 2.15. The van der Waals surface area contributed by atoms with Gasteiger partial charge in [0.1, 0.15) is 0 Å². The van der Waals surface area contributed by atoms with Gasteiger partial charge in [-0.05, 0) is 23.3 Å². The lowest BCUT2D eigenvalue weighted by Gasteiger charge is -2.07. The van der Waals surface area contributed by atoms with Crippen LogP contribution in [-0.2, 0) is 13.2 Å². The summed E-state index contributed by atoms with van der Waals surface area (Å²) >= 11 is 5.71. The first-order chi connectivity index (χ1) is 6.63. The summed E-state index contributed by atoms with van der Waals surface area (Å²) in [6.07, 6.45) is -1.09. The molecule has 1 amide bonds. The van der Waals surface area contributed by atoms with Crippen LogP contribution < -0.4 is 5.32 Å². The monoisotopic (exact) mass is 215 g/mol. The van der Waals surface area contributed by atoms with Crippen molar-refractivity contribution in [3.8, 4) is 0 Å². The number of halogens is 1. The predicted molar refractivity (Wildman–Crippen MR) is 52.2 cm³/mol. The zero-order chi connectivity index (χ0) is 10.6. The summed E-state index contributed by atoms with van der Waals surface area (Å²) in [5, 5.41) is 20.1. The second-order valence-corrected chi connectivity index (χ2v) is 3.17. The molecule has 0 aliphatic heterocycles. The second kappa shape index (κ2) is 4.83. The Hall–Kier alpha value is -1.26. The summed E-state index contributed by atoms with van der Waals surface area (Å²) in [7, 11) is 0. The first-order valence-corrected chi connectivity index (χ1v) is 4.36. The molecule has 5 heteroatoms. The maximum Gasteiger partial charge on any atom is 0.404 e. The number of benzene rings is 1. The molecule has 0 saturated carbocycles. The van der Waals surface area contributed by atoms with E-state index in [2.05, 4.69) is 5.32 Å². The van der Waals surface area contributed by atoms with E-state index in [0.29, 0.717) is 10.6 Å². The van der Waals surface area contributed by atoms with Crippen molar-refractivity contribution >= 4 is 17.7 Å². The van der Waals surface area contributed by atoms with Gasteiger partial charge < -0.3 is 15.5 Å². The quantitative estimate of drug-likeness (QED) is 0.717. The maximum atomic E-state index is 10.2. The summed E-state index contributed by atoms with van der Waals surface area (Å²) < 4.78 is 0. The molecule has 0 unspecified atom stereocenters. The van der Waals surface area contributed by atoms with Gasteiger partial charge in [0.25, 0.3) is 0 Å². The molecule has 76 valence electrons. The van der Waals surface area contributed by atoms with Gasteiger partial charge in [0.15, 0.2) is 0 Å². The van der Waals surface area contributed by atoms with Gasteiger partial charge in [-0.3, -0.25) is 0 Å². The minimum Gasteiger partial charge on any atom is -0.465 e. The number of hydrogen-bond acceptors (Lipinski definition) is 2. The standard InChI is InChI=1S/C9H10ClNO3/c10-8-2-1-6(4-11-9(13)14)7(3-8)5-12/h1-3,11-12H,4-5H2,(H,13,14). The largest absolute Gasteiger partial charge is 0.465 e. The number of carboxylic acid groups (broad SMARTS) is 1. The summed E-state index contributed by atoms with van der Waals surface area (Å²) in [5.41, 5.74) is 1.35. The molecule has 0 bridgehead atoms. The lowest BCUT2D eigenvalue weighted by atomic mass is 10.1. The van der Waals surface area contributed by atoms with Crippen LogP contribution in [-0.4, -0.2) is 16.3 Å². The number of hydrogen-bond donors (Lipinski definition) is 3. The fourth-order valence-corrected chi connectivity index (χ4v) is 1.28. The molecule has 0 atom stereocenters. The molecule has 0 aromatic heterocycles. The van der Waals surface area contributed by atoms with E-state index >= 15 is 0 Å². The maximum absolute atomic E-state index is 10.2. The van der Waals surface area contributed by atoms with Crippen molar-refractivity contribution < 1.29 is 15.0 Å². The van der Waals surface area contributed by atoms with Crippen molar-refractivity contribution in [2.45, 2.75) is 13.2 Å². The lowest BCUT2D eigenvalue weighted by Crippen LogP contribution is -2.20. The van der Waals surface area contributed by atoms with E-state index in [4.69, 9.17) is 21.8 Å². The van der Waals surface area contributed by atoms with Gasteiger partial charge in [-0.2, -0.15) is 0 Å². The van der Waals surface area contributed by atoms with Crippen LogP contribution in [0.25, 0.3) is 0 Å². The molecule has 0 fully saturated rings. The molecule has 0 heterocycles. The Morgan fingerprint density at radius 2 is 2.14 bits per heavy atom. The number of rotatable bonds is 3. The fourth-order valence-electron chi connectivity index (χ4n) is 1.08. The Morgan fingerprint density at radius 3 is 2.71 bits per heavy atom. The van der Waals surface area contributed by atoms with Gasteiger partial charge in [0.05, 0.1) is 6.61 Å². The topological polar surface area (TPSA) is 69.6 Å². The molecular weight excluding hydrogens is 206 g/mol. The highest BCUT2D eigenvalue weighted by Gasteiger charge is 2.03. The highest BCUT2D eigenvalue weighted by molar-refractivity contribution is 6.30. The van der Waals surface area contributed by atoms with Crippen LogP contribution in [0.2, 0.25) is 5.02 Å². The van der Waals surface area contributed by atoms with E-state index in [-0.39, 0.29) is 13.2 Å². The molecule has 1 aromatic rings. The van der Waals surface area contributed by atoms with Crippen molar-refractivity contribution in [2.75, 3.05) is 0 Å². The number of amides is 1. The van der Waals surface area contributed by atoms with Crippen LogP contribution in [0.4, 0.5) is 4.79 Å². The number of carbonyl (C=O) groups is 1. The van der Waals surface area contributed by atoms with E-state index in [0.717, 1.165) is 5.56 Å². The van der Waals surface area contributed by atoms with Gasteiger partial charge in [-0.1, -0.05) is 17.7 Å². The Balaban J connectivity index is 2.80. The molecule has 0 aliphatic carbocycles. The molecule has 14 heavy (non-hydrogen) atoms. The van der Waals surface area contributed by atoms with Crippen molar-refractivity contribution in [1.82, 2.24) is 5.32 Å². The van der Waals surface area contributed by atoms with Crippen molar-refractivity contribution in [3.63, 3.8) is 0 Å². The van der Waals surface area contributed by atoms with E-state index < -0.39 is 6.09 Å². The molecule has 1 aromatic carbocycles. The SMILES string of the molecule is O=C(O)NCc1ccc(Cl)cc1CO. The molecule has 0 saturated heterocycles. The number of aliphatic hydroxyl groups is 1. The molecule has 4 nitrogen and oxygen atoms in total. The minimum absolute atomic E-state index is 0.156. The minimum atomic E-state index is -1.09. The van der Waals surface area contributed by atoms with E-state index in [1.54, 1.807) is 18.2 Å². The highest BCUT2D eigenvalue weighted by atomic mass is 35.5. The second-order valence-electron chi connectivity index (χ2n) is 2.73. The lowest BCUT2D eigenvalue weighted by molar-refractivity contribution is 0.193. The number of nitrogens with one attached hydrogen (secondary N) is 1. The Labute approximate surface area is 86.1 Å². The molecule has 1 rings (SSSR count). The van der Waals surface area contributed by atoms with Crippen LogP contribution in [0.5, 0.6) is 0 Å². The van der Waals surface area contributed by atoms with Crippen LogP contribution >= 0.6 is 11.6 Å². The van der Waals surface area contributed by atoms with Crippen LogP contribution in [0, 0.1) is 0 Å². The first kappa shape index (κ1) is 10.8. The molecule has 0 radical (unpaired) electrons. The summed E-state index contributed by atoms with van der Waals surface area (Å²) in [4.78, 5) is 10.2. The molecular formula is C9H10ClNO3. The van der Waals surface area contributed by atoms with Crippen molar-refractivity contribution in [1.29, 1.82) is 0 Å². The van der Waals surface area contributed by atoms with E-state index in [1.807, 2.05) is 0 Å². The van der Waals surface area contributed by atoms with Crippen molar-refractivity contribution in [2.24, 2.45) is 0 Å². The fraction of sp³-hybridized carbons (Fsp3) is 0.222. The number of aliphatic hydroxyl groups excluding tert-OH is 1. The van der Waals surface area contributed by atoms with Gasteiger partial charge in [0.2, 0.25) is 0 Å². The third-order valence-corrected chi connectivity index (χ3v) is 2.00. The van der Waals surface area contributed by atoms with Crippen LogP contribution in [0.1, 0.15) is 11.1 Å². The molecule has 0 aliphatic rings. The smallest absolute Gasteiger partial charge is 0.404 e. The van der Waals surface area contributed by atoms with Crippen LogP contribution in [0.3, 0.4) is 0 Å². The first-order valence-electron chi connectivity index (χ1n) is 3.98. The predicted octanol–water partition coefficient (Wildman–Crippen LogP) is 1.60. The normalized spacial score (nSPS) is 9.86. The Morgan fingerprint density at radius 1 is 1.43 bits per heavy atom. The van der Waals surface area contributed by atoms with Gasteiger partial charge in [-0.15, -0.1) is 0 Å². The third kappa shape index (κ3) is 2.90.